The van der Waals surface area contributed by atoms with Gasteiger partial charge < -0.3 is 4.74 Å². The van der Waals surface area contributed by atoms with E-state index in [-0.39, 0.29) is 24.6 Å². The number of halogens is 1. The molecule has 1 atom stereocenters. The monoisotopic (exact) mass is 193 g/mol. The van der Waals surface area contributed by atoms with E-state index in [4.69, 9.17) is 4.74 Å². The minimum absolute atomic E-state index is 0. The number of nitrogens with one attached hydrogen (secondary N) is 1. The molecule has 0 aliphatic carbocycles. The van der Waals surface area contributed by atoms with Gasteiger partial charge in [-0.1, -0.05) is 13.5 Å². The number of ether oxygens (including phenoxy) is 1. The molecule has 4 heteroatoms. The summed E-state index contributed by atoms with van der Waals surface area (Å²) >= 11 is 0. The summed E-state index contributed by atoms with van der Waals surface area (Å²) in [7, 11) is 1.75. The third-order valence-corrected chi connectivity index (χ3v) is 1.29. The third kappa shape index (κ3) is 5.16. The molecule has 12 heavy (non-hydrogen) atoms. The van der Waals surface area contributed by atoms with E-state index in [1.807, 2.05) is 6.92 Å². The second kappa shape index (κ2) is 7.13. The molecule has 0 saturated carbocycles. The lowest BCUT2D eigenvalue weighted by molar-refractivity contribution is -0.145. The highest BCUT2D eigenvalue weighted by atomic mass is 35.5. The average Bonchev–Trinajstić information content (AvgIpc) is 1.99. The molecule has 72 valence electrons. The number of hydrogen-bond donors (Lipinski definition) is 1. The van der Waals surface area contributed by atoms with Gasteiger partial charge in [0.2, 0.25) is 0 Å². The van der Waals surface area contributed by atoms with Gasteiger partial charge in [-0.3, -0.25) is 5.32 Å². The van der Waals surface area contributed by atoms with Crippen LogP contribution in [0.4, 0.5) is 0 Å². The Bertz CT molecular complexity index is 155. The smallest absolute Gasteiger partial charge is 0.334 e. The predicted molar refractivity (Wildman–Crippen MR) is 51.3 cm³/mol. The standard InChI is InChI=1S/C8H15NO2.ClH/c1-5-7(9-4)11-8(10)6(2)3;/h7,9H,2,5H2,1,3-4H3;1H. The molecule has 1 unspecified atom stereocenters. The molecule has 0 radical (unpaired) electrons. The summed E-state index contributed by atoms with van der Waals surface area (Å²) in [6, 6.07) is 0. The molecule has 0 aromatic rings. The number of rotatable bonds is 4. The van der Waals surface area contributed by atoms with Gasteiger partial charge in [-0.05, 0) is 20.4 Å². The summed E-state index contributed by atoms with van der Waals surface area (Å²) in [6.45, 7) is 7.04. The summed E-state index contributed by atoms with van der Waals surface area (Å²) in [5, 5.41) is 2.85. The van der Waals surface area contributed by atoms with Crippen LogP contribution in [-0.2, 0) is 9.53 Å². The van der Waals surface area contributed by atoms with E-state index < -0.39 is 0 Å². The lowest BCUT2D eigenvalue weighted by atomic mass is 10.3. The first-order valence-corrected chi connectivity index (χ1v) is 3.65. The van der Waals surface area contributed by atoms with Crippen LogP contribution in [0.1, 0.15) is 20.3 Å². The van der Waals surface area contributed by atoms with Crippen molar-refractivity contribution >= 4 is 18.4 Å². The molecule has 0 bridgehead atoms. The average molecular weight is 194 g/mol. The van der Waals surface area contributed by atoms with Crippen LogP contribution in [0.25, 0.3) is 0 Å². The highest BCUT2D eigenvalue weighted by Crippen LogP contribution is 1.98. The summed E-state index contributed by atoms with van der Waals surface area (Å²) < 4.78 is 4.96. The van der Waals surface area contributed by atoms with E-state index in [1.54, 1.807) is 14.0 Å². The van der Waals surface area contributed by atoms with Crippen molar-refractivity contribution in [2.75, 3.05) is 7.05 Å². The maximum atomic E-state index is 10.9. The van der Waals surface area contributed by atoms with Crippen LogP contribution in [0.3, 0.4) is 0 Å². The highest BCUT2D eigenvalue weighted by molar-refractivity contribution is 5.87. The molecule has 0 rings (SSSR count). The van der Waals surface area contributed by atoms with Crippen LogP contribution in [0.2, 0.25) is 0 Å². The summed E-state index contributed by atoms with van der Waals surface area (Å²) in [6.07, 6.45) is 0.564. The maximum absolute atomic E-state index is 10.9. The normalized spacial score (nSPS) is 11.2. The van der Waals surface area contributed by atoms with Crippen molar-refractivity contribution in [3.63, 3.8) is 0 Å². The fourth-order valence-corrected chi connectivity index (χ4v) is 0.576. The van der Waals surface area contributed by atoms with Crippen molar-refractivity contribution < 1.29 is 9.53 Å². The minimum Gasteiger partial charge on any atom is -0.443 e. The van der Waals surface area contributed by atoms with Crippen molar-refractivity contribution in [2.24, 2.45) is 0 Å². The van der Waals surface area contributed by atoms with E-state index in [9.17, 15) is 4.79 Å². The zero-order valence-corrected chi connectivity index (χ0v) is 8.53. The summed E-state index contributed by atoms with van der Waals surface area (Å²) in [5.74, 6) is -0.341. The van der Waals surface area contributed by atoms with Crippen molar-refractivity contribution in [3.05, 3.63) is 12.2 Å². The van der Waals surface area contributed by atoms with Crippen LogP contribution in [-0.4, -0.2) is 19.2 Å². The molecule has 0 aromatic carbocycles. The first-order valence-electron chi connectivity index (χ1n) is 3.65. The van der Waals surface area contributed by atoms with Crippen molar-refractivity contribution in [1.29, 1.82) is 0 Å². The molecule has 0 aromatic heterocycles. The highest BCUT2D eigenvalue weighted by Gasteiger charge is 2.09. The molecule has 0 fully saturated rings. The number of hydrogen-bond acceptors (Lipinski definition) is 3. The van der Waals surface area contributed by atoms with E-state index in [1.165, 1.54) is 0 Å². The Morgan fingerprint density at radius 3 is 2.42 bits per heavy atom. The zero-order chi connectivity index (χ0) is 8.85. The molecule has 0 spiro atoms. The fraction of sp³-hybridized carbons (Fsp3) is 0.625. The molecule has 0 heterocycles. The SMILES string of the molecule is C=C(C)C(=O)OC(CC)NC.Cl. The van der Waals surface area contributed by atoms with Gasteiger partial charge in [0.1, 0.15) is 0 Å². The number of carbonyl (C=O) groups excluding carboxylic acids is 1. The van der Waals surface area contributed by atoms with Crippen LogP contribution >= 0.6 is 12.4 Å². The molecule has 0 aliphatic heterocycles. The second-order valence-electron chi connectivity index (χ2n) is 2.37. The summed E-state index contributed by atoms with van der Waals surface area (Å²) in [4.78, 5) is 10.9. The molecular formula is C8H16ClNO2. The molecular weight excluding hydrogens is 178 g/mol. The first kappa shape index (κ1) is 14.0. The largest absolute Gasteiger partial charge is 0.443 e. The van der Waals surface area contributed by atoms with Crippen LogP contribution in [0.15, 0.2) is 12.2 Å². The van der Waals surface area contributed by atoms with Gasteiger partial charge in [0, 0.05) is 5.57 Å². The Balaban J connectivity index is 0. The van der Waals surface area contributed by atoms with Crippen molar-refractivity contribution in [1.82, 2.24) is 5.32 Å². The fourth-order valence-electron chi connectivity index (χ4n) is 0.576. The van der Waals surface area contributed by atoms with Crippen LogP contribution in [0, 0.1) is 0 Å². The van der Waals surface area contributed by atoms with Gasteiger partial charge in [0.25, 0.3) is 0 Å². The van der Waals surface area contributed by atoms with E-state index in [0.717, 1.165) is 6.42 Å². The Hall–Kier alpha value is -0.540. The van der Waals surface area contributed by atoms with Crippen molar-refractivity contribution in [3.8, 4) is 0 Å². The lowest BCUT2D eigenvalue weighted by Gasteiger charge is -2.14. The third-order valence-electron chi connectivity index (χ3n) is 1.29. The quantitative estimate of drug-likeness (QED) is 0.418. The van der Waals surface area contributed by atoms with Crippen LogP contribution < -0.4 is 5.32 Å². The maximum Gasteiger partial charge on any atom is 0.334 e. The van der Waals surface area contributed by atoms with Gasteiger partial charge in [0.15, 0.2) is 6.23 Å². The Morgan fingerprint density at radius 2 is 2.17 bits per heavy atom. The molecule has 0 saturated heterocycles. The second-order valence-corrected chi connectivity index (χ2v) is 2.37. The first-order chi connectivity index (χ1) is 5.11. The van der Waals surface area contributed by atoms with Gasteiger partial charge in [-0.15, -0.1) is 12.4 Å². The Morgan fingerprint density at radius 1 is 1.67 bits per heavy atom. The van der Waals surface area contributed by atoms with Crippen LogP contribution in [0.5, 0.6) is 0 Å². The Labute approximate surface area is 79.6 Å². The number of carbonyl (C=O) groups is 1. The molecule has 1 N–H and O–H groups in total. The predicted octanol–water partition coefficient (Wildman–Crippen LogP) is 1.48. The topological polar surface area (TPSA) is 38.3 Å². The Kier molecular flexibility index (Phi) is 8.32. The molecule has 0 amide bonds. The van der Waals surface area contributed by atoms with E-state index in [0.29, 0.717) is 5.57 Å². The lowest BCUT2D eigenvalue weighted by Crippen LogP contribution is -2.30. The molecule has 3 nitrogen and oxygen atoms in total. The van der Waals surface area contributed by atoms with Gasteiger partial charge in [-0.2, -0.15) is 0 Å². The zero-order valence-electron chi connectivity index (χ0n) is 7.72. The van der Waals surface area contributed by atoms with E-state index in [2.05, 4.69) is 11.9 Å². The van der Waals surface area contributed by atoms with Gasteiger partial charge in [0.05, 0.1) is 0 Å². The van der Waals surface area contributed by atoms with Gasteiger partial charge in [-0.25, -0.2) is 4.79 Å². The molecule has 0 aliphatic rings. The number of esters is 1. The minimum atomic E-state index is -0.341. The van der Waals surface area contributed by atoms with Crippen molar-refractivity contribution in [2.45, 2.75) is 26.5 Å². The van der Waals surface area contributed by atoms with Gasteiger partial charge >= 0.3 is 5.97 Å². The van der Waals surface area contributed by atoms with E-state index >= 15 is 0 Å². The summed E-state index contributed by atoms with van der Waals surface area (Å²) in [5.41, 5.74) is 0.429.